The van der Waals surface area contributed by atoms with Crippen molar-refractivity contribution < 1.29 is 0 Å². The maximum absolute atomic E-state index is 4.78. The van der Waals surface area contributed by atoms with Gasteiger partial charge < -0.3 is 4.90 Å². The molecule has 0 aromatic carbocycles. The molecule has 1 saturated carbocycles. The number of nitrogens with zero attached hydrogens (tertiary/aromatic N) is 3. The minimum absolute atomic E-state index is 0.371. The summed E-state index contributed by atoms with van der Waals surface area (Å²) < 4.78 is 0.911. The Bertz CT molecular complexity index is 485. The Balaban J connectivity index is 1.71. The Labute approximate surface area is 136 Å². The summed E-state index contributed by atoms with van der Waals surface area (Å²) in [5.41, 5.74) is 0.653. The molecule has 116 valence electrons. The highest BCUT2D eigenvalue weighted by molar-refractivity contribution is 9.10. The first-order valence-corrected chi connectivity index (χ1v) is 9.17. The molecule has 2 aliphatic rings. The molecule has 1 saturated heterocycles. The first-order chi connectivity index (χ1) is 10.1. The molecule has 1 spiro atoms. The lowest BCUT2D eigenvalue weighted by Gasteiger charge is -2.44. The minimum atomic E-state index is 0.371. The summed E-state index contributed by atoms with van der Waals surface area (Å²) in [7, 11) is 0. The van der Waals surface area contributed by atoms with Crippen molar-refractivity contribution in [2.75, 3.05) is 18.0 Å². The molecule has 4 heteroatoms. The molecule has 1 aromatic heterocycles. The molecule has 0 bridgehead atoms. The zero-order valence-corrected chi connectivity index (χ0v) is 14.8. The second-order valence-electron chi connectivity index (χ2n) is 7.11. The van der Waals surface area contributed by atoms with E-state index in [9.17, 15) is 0 Å². The lowest BCUT2D eigenvalue weighted by molar-refractivity contribution is 0.144. The summed E-state index contributed by atoms with van der Waals surface area (Å²) in [5, 5.41) is 0. The highest BCUT2D eigenvalue weighted by atomic mass is 79.9. The monoisotopic (exact) mass is 351 g/mol. The SMILES string of the molecule is CC(C)c1nc(Br)cc(N2CCC3(CCCCC3)CC2)n1. The van der Waals surface area contributed by atoms with E-state index in [1.807, 2.05) is 0 Å². The zero-order chi connectivity index (χ0) is 14.9. The summed E-state index contributed by atoms with van der Waals surface area (Å²) in [6, 6.07) is 2.07. The molecule has 0 atom stereocenters. The number of hydrogen-bond donors (Lipinski definition) is 0. The zero-order valence-electron chi connectivity index (χ0n) is 13.2. The van der Waals surface area contributed by atoms with Gasteiger partial charge in [0.2, 0.25) is 0 Å². The van der Waals surface area contributed by atoms with Gasteiger partial charge in [-0.15, -0.1) is 0 Å². The normalized spacial score (nSPS) is 22.0. The van der Waals surface area contributed by atoms with Gasteiger partial charge in [-0.2, -0.15) is 0 Å². The summed E-state index contributed by atoms with van der Waals surface area (Å²) in [6.45, 7) is 6.61. The fraction of sp³-hybridized carbons (Fsp3) is 0.765. The van der Waals surface area contributed by atoms with E-state index >= 15 is 0 Å². The Morgan fingerprint density at radius 1 is 1.05 bits per heavy atom. The number of piperidine rings is 1. The van der Waals surface area contributed by atoms with Crippen molar-refractivity contribution >= 4 is 21.7 Å². The molecule has 0 radical (unpaired) electrons. The van der Waals surface area contributed by atoms with Crippen LogP contribution in [0.2, 0.25) is 0 Å². The van der Waals surface area contributed by atoms with Crippen molar-refractivity contribution in [3.8, 4) is 0 Å². The molecule has 2 fully saturated rings. The van der Waals surface area contributed by atoms with E-state index in [1.54, 1.807) is 0 Å². The van der Waals surface area contributed by atoms with Crippen LogP contribution in [0.25, 0.3) is 0 Å². The lowest BCUT2D eigenvalue weighted by atomic mass is 9.68. The van der Waals surface area contributed by atoms with Gasteiger partial charge in [-0.05, 0) is 47.0 Å². The molecule has 3 rings (SSSR count). The minimum Gasteiger partial charge on any atom is -0.356 e. The smallest absolute Gasteiger partial charge is 0.134 e. The van der Waals surface area contributed by atoms with Gasteiger partial charge in [0.1, 0.15) is 16.2 Å². The van der Waals surface area contributed by atoms with E-state index in [1.165, 1.54) is 44.9 Å². The van der Waals surface area contributed by atoms with Crippen LogP contribution in [0.4, 0.5) is 5.82 Å². The second-order valence-corrected chi connectivity index (χ2v) is 7.92. The molecule has 0 amide bonds. The topological polar surface area (TPSA) is 29.0 Å². The van der Waals surface area contributed by atoms with Crippen molar-refractivity contribution in [2.45, 2.75) is 64.7 Å². The maximum Gasteiger partial charge on any atom is 0.134 e. The van der Waals surface area contributed by atoms with Crippen LogP contribution in [0.5, 0.6) is 0 Å². The largest absolute Gasteiger partial charge is 0.356 e. The summed E-state index contributed by atoms with van der Waals surface area (Å²) >= 11 is 3.54. The Morgan fingerprint density at radius 3 is 2.33 bits per heavy atom. The summed E-state index contributed by atoms with van der Waals surface area (Å²) in [4.78, 5) is 11.7. The average molecular weight is 352 g/mol. The first kappa shape index (κ1) is 15.3. The number of hydrogen-bond acceptors (Lipinski definition) is 3. The van der Waals surface area contributed by atoms with E-state index in [0.29, 0.717) is 11.3 Å². The highest BCUT2D eigenvalue weighted by Crippen LogP contribution is 2.45. The lowest BCUT2D eigenvalue weighted by Crippen LogP contribution is -2.41. The molecule has 0 unspecified atom stereocenters. The molecule has 1 aliphatic carbocycles. The predicted molar refractivity (Wildman–Crippen MR) is 90.8 cm³/mol. The summed E-state index contributed by atoms with van der Waals surface area (Å²) in [6.07, 6.45) is 9.91. The number of halogens is 1. The third kappa shape index (κ3) is 3.41. The van der Waals surface area contributed by atoms with Crippen LogP contribution < -0.4 is 4.90 Å². The molecule has 1 aromatic rings. The van der Waals surface area contributed by atoms with E-state index in [-0.39, 0.29) is 0 Å². The Morgan fingerprint density at radius 2 is 1.71 bits per heavy atom. The van der Waals surface area contributed by atoms with Crippen LogP contribution in [0.3, 0.4) is 0 Å². The molecule has 0 N–H and O–H groups in total. The van der Waals surface area contributed by atoms with Gasteiger partial charge in [-0.3, -0.25) is 0 Å². The standard InChI is InChI=1S/C17H26BrN3/c1-13(2)16-19-14(18)12-15(20-16)21-10-8-17(9-11-21)6-4-3-5-7-17/h12-13H,3-11H2,1-2H3. The van der Waals surface area contributed by atoms with E-state index in [0.717, 1.165) is 29.3 Å². The van der Waals surface area contributed by atoms with Crippen LogP contribution >= 0.6 is 15.9 Å². The van der Waals surface area contributed by atoms with E-state index in [4.69, 9.17) is 4.98 Å². The Kier molecular flexibility index (Phi) is 4.53. The van der Waals surface area contributed by atoms with Gasteiger partial charge in [-0.1, -0.05) is 33.1 Å². The Hall–Kier alpha value is -0.640. The van der Waals surface area contributed by atoms with Gasteiger partial charge in [0, 0.05) is 25.1 Å². The highest BCUT2D eigenvalue weighted by Gasteiger charge is 2.35. The fourth-order valence-electron chi connectivity index (χ4n) is 3.86. The molecular weight excluding hydrogens is 326 g/mol. The van der Waals surface area contributed by atoms with Gasteiger partial charge in [0.05, 0.1) is 0 Å². The van der Waals surface area contributed by atoms with Crippen LogP contribution in [0.15, 0.2) is 10.7 Å². The van der Waals surface area contributed by atoms with Crippen LogP contribution in [-0.4, -0.2) is 23.1 Å². The number of rotatable bonds is 2. The van der Waals surface area contributed by atoms with Crippen molar-refractivity contribution in [1.29, 1.82) is 0 Å². The van der Waals surface area contributed by atoms with Crippen molar-refractivity contribution in [3.63, 3.8) is 0 Å². The molecule has 21 heavy (non-hydrogen) atoms. The molecule has 3 nitrogen and oxygen atoms in total. The van der Waals surface area contributed by atoms with Crippen molar-refractivity contribution in [1.82, 2.24) is 9.97 Å². The molecular formula is C17H26BrN3. The third-order valence-corrected chi connectivity index (χ3v) is 5.68. The van der Waals surface area contributed by atoms with Crippen molar-refractivity contribution in [2.24, 2.45) is 5.41 Å². The van der Waals surface area contributed by atoms with Crippen LogP contribution in [0, 0.1) is 5.41 Å². The van der Waals surface area contributed by atoms with Gasteiger partial charge in [0.15, 0.2) is 0 Å². The quantitative estimate of drug-likeness (QED) is 0.708. The van der Waals surface area contributed by atoms with Gasteiger partial charge in [0.25, 0.3) is 0 Å². The van der Waals surface area contributed by atoms with E-state index < -0.39 is 0 Å². The molecule has 1 aliphatic heterocycles. The van der Waals surface area contributed by atoms with E-state index in [2.05, 4.69) is 45.7 Å². The van der Waals surface area contributed by atoms with Gasteiger partial charge >= 0.3 is 0 Å². The predicted octanol–water partition coefficient (Wildman–Crippen LogP) is 4.91. The van der Waals surface area contributed by atoms with Crippen molar-refractivity contribution in [3.05, 3.63) is 16.5 Å². The average Bonchev–Trinajstić information content (AvgIpc) is 2.48. The summed E-state index contributed by atoms with van der Waals surface area (Å²) in [5.74, 6) is 2.42. The number of aromatic nitrogens is 2. The third-order valence-electron chi connectivity index (χ3n) is 5.28. The molecule has 2 heterocycles. The fourth-order valence-corrected chi connectivity index (χ4v) is 4.24. The maximum atomic E-state index is 4.78. The van der Waals surface area contributed by atoms with Gasteiger partial charge in [-0.25, -0.2) is 9.97 Å². The van der Waals surface area contributed by atoms with Crippen LogP contribution in [0.1, 0.15) is 70.5 Å². The van der Waals surface area contributed by atoms with Crippen LogP contribution in [-0.2, 0) is 0 Å². The second kappa shape index (κ2) is 6.23. The number of anilines is 1. The first-order valence-electron chi connectivity index (χ1n) is 8.37.